The molecule has 0 saturated carbocycles. The SMILES string of the molecule is Cc1ccc(C(C)NCCCc2cn[nH]c2C)c(O)c1. The number of phenolic OH excluding ortho intramolecular Hbond substituents is 1. The molecule has 20 heavy (non-hydrogen) atoms. The summed E-state index contributed by atoms with van der Waals surface area (Å²) in [7, 11) is 0. The van der Waals surface area contributed by atoms with E-state index in [0.29, 0.717) is 5.75 Å². The van der Waals surface area contributed by atoms with Gasteiger partial charge in [-0.1, -0.05) is 12.1 Å². The molecule has 108 valence electrons. The van der Waals surface area contributed by atoms with Crippen molar-refractivity contribution in [1.29, 1.82) is 0 Å². The fourth-order valence-corrected chi connectivity index (χ4v) is 2.35. The molecule has 4 nitrogen and oxygen atoms in total. The third-order valence-corrected chi connectivity index (χ3v) is 3.66. The van der Waals surface area contributed by atoms with E-state index in [4.69, 9.17) is 0 Å². The first-order chi connectivity index (χ1) is 9.58. The number of nitrogens with zero attached hydrogens (tertiary/aromatic N) is 1. The number of aromatic hydroxyl groups is 1. The van der Waals surface area contributed by atoms with Gasteiger partial charge in [0.1, 0.15) is 5.75 Å². The highest BCUT2D eigenvalue weighted by atomic mass is 16.3. The van der Waals surface area contributed by atoms with Crippen LogP contribution < -0.4 is 5.32 Å². The maximum Gasteiger partial charge on any atom is 0.120 e. The zero-order valence-corrected chi connectivity index (χ0v) is 12.4. The number of hydrogen-bond donors (Lipinski definition) is 3. The lowest BCUT2D eigenvalue weighted by Crippen LogP contribution is -2.20. The maximum atomic E-state index is 9.95. The Hall–Kier alpha value is -1.81. The molecule has 1 heterocycles. The van der Waals surface area contributed by atoms with Gasteiger partial charge in [-0.05, 0) is 57.4 Å². The van der Waals surface area contributed by atoms with Gasteiger partial charge in [0, 0.05) is 17.3 Å². The van der Waals surface area contributed by atoms with Crippen LogP contribution in [0.3, 0.4) is 0 Å². The molecule has 2 rings (SSSR count). The number of aryl methyl sites for hydroxylation is 3. The molecule has 0 aliphatic rings. The molecule has 2 aromatic rings. The molecule has 0 saturated heterocycles. The summed E-state index contributed by atoms with van der Waals surface area (Å²) in [6, 6.07) is 5.98. The molecule has 1 atom stereocenters. The first kappa shape index (κ1) is 14.6. The molecular formula is C16H23N3O. The van der Waals surface area contributed by atoms with Crippen LogP contribution in [0, 0.1) is 13.8 Å². The Morgan fingerprint density at radius 2 is 2.15 bits per heavy atom. The van der Waals surface area contributed by atoms with Crippen molar-refractivity contribution in [3.63, 3.8) is 0 Å². The van der Waals surface area contributed by atoms with E-state index in [1.54, 1.807) is 0 Å². The minimum absolute atomic E-state index is 0.154. The predicted molar refractivity (Wildman–Crippen MR) is 80.9 cm³/mol. The summed E-state index contributed by atoms with van der Waals surface area (Å²) in [5.41, 5.74) is 4.45. The molecule has 0 spiro atoms. The average Bonchev–Trinajstić information content (AvgIpc) is 2.80. The van der Waals surface area contributed by atoms with Crippen molar-refractivity contribution >= 4 is 0 Å². The van der Waals surface area contributed by atoms with Gasteiger partial charge in [0.25, 0.3) is 0 Å². The van der Waals surface area contributed by atoms with E-state index in [9.17, 15) is 5.11 Å². The van der Waals surface area contributed by atoms with Gasteiger partial charge in [0.15, 0.2) is 0 Å². The van der Waals surface area contributed by atoms with Crippen molar-refractivity contribution in [1.82, 2.24) is 15.5 Å². The molecule has 0 aliphatic heterocycles. The van der Waals surface area contributed by atoms with Gasteiger partial charge in [-0.15, -0.1) is 0 Å². The maximum absolute atomic E-state index is 9.95. The number of phenols is 1. The minimum Gasteiger partial charge on any atom is -0.508 e. The van der Waals surface area contributed by atoms with Gasteiger partial charge in [-0.3, -0.25) is 5.10 Å². The van der Waals surface area contributed by atoms with Crippen molar-refractivity contribution in [3.8, 4) is 5.75 Å². The molecule has 3 N–H and O–H groups in total. The largest absolute Gasteiger partial charge is 0.508 e. The molecule has 1 unspecified atom stereocenters. The quantitative estimate of drug-likeness (QED) is 0.709. The highest BCUT2D eigenvalue weighted by molar-refractivity contribution is 5.37. The Morgan fingerprint density at radius 1 is 1.35 bits per heavy atom. The molecule has 0 amide bonds. The van der Waals surface area contributed by atoms with Crippen LogP contribution in [-0.2, 0) is 6.42 Å². The Kier molecular flexibility index (Phi) is 4.79. The van der Waals surface area contributed by atoms with Gasteiger partial charge in [0.2, 0.25) is 0 Å². The number of aromatic amines is 1. The Balaban J connectivity index is 1.80. The summed E-state index contributed by atoms with van der Waals surface area (Å²) in [5.74, 6) is 0.371. The van der Waals surface area contributed by atoms with Gasteiger partial charge in [-0.25, -0.2) is 0 Å². The van der Waals surface area contributed by atoms with Gasteiger partial charge >= 0.3 is 0 Å². The lowest BCUT2D eigenvalue weighted by molar-refractivity contribution is 0.451. The van der Waals surface area contributed by atoms with Gasteiger partial charge in [-0.2, -0.15) is 5.10 Å². The van der Waals surface area contributed by atoms with Crippen LogP contribution in [0.1, 0.15) is 41.8 Å². The molecular weight excluding hydrogens is 250 g/mol. The number of H-pyrrole nitrogens is 1. The summed E-state index contributed by atoms with van der Waals surface area (Å²) < 4.78 is 0. The topological polar surface area (TPSA) is 60.9 Å². The predicted octanol–water partition coefficient (Wildman–Crippen LogP) is 3.02. The van der Waals surface area contributed by atoms with Crippen molar-refractivity contribution in [3.05, 3.63) is 46.8 Å². The van der Waals surface area contributed by atoms with Crippen molar-refractivity contribution in [2.45, 2.75) is 39.7 Å². The van der Waals surface area contributed by atoms with Crippen LogP contribution in [0.5, 0.6) is 5.75 Å². The smallest absolute Gasteiger partial charge is 0.120 e. The molecule has 1 aromatic heterocycles. The van der Waals surface area contributed by atoms with E-state index in [1.807, 2.05) is 38.2 Å². The zero-order valence-electron chi connectivity index (χ0n) is 12.4. The third kappa shape index (κ3) is 3.61. The summed E-state index contributed by atoms with van der Waals surface area (Å²) >= 11 is 0. The van der Waals surface area contributed by atoms with E-state index in [1.165, 1.54) is 5.56 Å². The van der Waals surface area contributed by atoms with E-state index in [0.717, 1.165) is 36.2 Å². The van der Waals surface area contributed by atoms with Crippen LogP contribution in [0.15, 0.2) is 24.4 Å². The van der Waals surface area contributed by atoms with Crippen molar-refractivity contribution in [2.24, 2.45) is 0 Å². The second-order valence-electron chi connectivity index (χ2n) is 5.36. The normalized spacial score (nSPS) is 12.6. The van der Waals surface area contributed by atoms with Crippen molar-refractivity contribution < 1.29 is 5.11 Å². The summed E-state index contributed by atoms with van der Waals surface area (Å²) in [5, 5.41) is 20.4. The Labute approximate surface area is 120 Å². The van der Waals surface area contributed by atoms with E-state index >= 15 is 0 Å². The Bertz CT molecular complexity index is 563. The van der Waals surface area contributed by atoms with Crippen LogP contribution >= 0.6 is 0 Å². The summed E-state index contributed by atoms with van der Waals surface area (Å²) in [4.78, 5) is 0. The van der Waals surface area contributed by atoms with Crippen LogP contribution in [0.25, 0.3) is 0 Å². The molecule has 0 fully saturated rings. The highest BCUT2D eigenvalue weighted by Crippen LogP contribution is 2.24. The average molecular weight is 273 g/mol. The molecule has 0 bridgehead atoms. The third-order valence-electron chi connectivity index (χ3n) is 3.66. The highest BCUT2D eigenvalue weighted by Gasteiger charge is 2.09. The van der Waals surface area contributed by atoms with Gasteiger partial charge in [0.05, 0.1) is 6.20 Å². The number of hydrogen-bond acceptors (Lipinski definition) is 3. The Morgan fingerprint density at radius 3 is 2.80 bits per heavy atom. The summed E-state index contributed by atoms with van der Waals surface area (Å²) in [6.07, 6.45) is 3.96. The molecule has 0 aliphatic carbocycles. The molecule has 1 aromatic carbocycles. The number of benzene rings is 1. The molecule has 0 radical (unpaired) electrons. The monoisotopic (exact) mass is 273 g/mol. The second kappa shape index (κ2) is 6.57. The van der Waals surface area contributed by atoms with Crippen LogP contribution in [-0.4, -0.2) is 21.8 Å². The van der Waals surface area contributed by atoms with Crippen LogP contribution in [0.2, 0.25) is 0 Å². The lowest BCUT2D eigenvalue weighted by Gasteiger charge is -2.16. The minimum atomic E-state index is 0.154. The first-order valence-corrected chi connectivity index (χ1v) is 7.09. The zero-order chi connectivity index (χ0) is 14.5. The molecule has 4 heteroatoms. The number of rotatable bonds is 6. The van der Waals surface area contributed by atoms with E-state index < -0.39 is 0 Å². The number of aromatic nitrogens is 2. The lowest BCUT2D eigenvalue weighted by atomic mass is 10.0. The fraction of sp³-hybridized carbons (Fsp3) is 0.438. The fourth-order valence-electron chi connectivity index (χ4n) is 2.35. The summed E-state index contributed by atoms with van der Waals surface area (Å²) in [6.45, 7) is 7.02. The standard InChI is InChI=1S/C16H23N3O/c1-11-6-7-15(16(20)9-11)13(3)17-8-4-5-14-10-18-19-12(14)2/h6-7,9-10,13,17,20H,4-5,8H2,1-3H3,(H,18,19). The van der Waals surface area contributed by atoms with E-state index in [-0.39, 0.29) is 6.04 Å². The van der Waals surface area contributed by atoms with Gasteiger partial charge < -0.3 is 10.4 Å². The van der Waals surface area contributed by atoms with E-state index in [2.05, 4.69) is 22.4 Å². The number of nitrogens with one attached hydrogen (secondary N) is 2. The van der Waals surface area contributed by atoms with Crippen LogP contribution in [0.4, 0.5) is 0 Å². The first-order valence-electron chi connectivity index (χ1n) is 7.09. The van der Waals surface area contributed by atoms with Crippen molar-refractivity contribution in [2.75, 3.05) is 6.54 Å². The second-order valence-corrected chi connectivity index (χ2v) is 5.36.